The van der Waals surface area contributed by atoms with Crippen LogP contribution >= 0.6 is 23.4 Å². The van der Waals surface area contributed by atoms with Gasteiger partial charge in [-0.1, -0.05) is 18.5 Å². The Morgan fingerprint density at radius 1 is 1.50 bits per heavy atom. The second kappa shape index (κ2) is 7.47. The quantitative estimate of drug-likeness (QED) is 0.856. The van der Waals surface area contributed by atoms with E-state index in [4.69, 9.17) is 16.3 Å². The molecule has 1 aliphatic rings. The molecule has 0 atom stereocenters. The summed E-state index contributed by atoms with van der Waals surface area (Å²) in [6.07, 6.45) is 2.55. The number of thioether (sulfide) groups is 1. The highest BCUT2D eigenvalue weighted by molar-refractivity contribution is 8.18. The van der Waals surface area contributed by atoms with Crippen LogP contribution in [0.25, 0.3) is 6.08 Å². The van der Waals surface area contributed by atoms with E-state index in [9.17, 15) is 9.59 Å². The summed E-state index contributed by atoms with van der Waals surface area (Å²) < 4.78 is 5.65. The molecule has 22 heavy (non-hydrogen) atoms. The fourth-order valence-corrected chi connectivity index (χ4v) is 2.76. The van der Waals surface area contributed by atoms with E-state index < -0.39 is 5.91 Å². The average molecular weight is 339 g/mol. The van der Waals surface area contributed by atoms with Gasteiger partial charge in [0.05, 0.1) is 11.5 Å². The lowest BCUT2D eigenvalue weighted by Gasteiger charge is -2.09. The second-order valence-corrected chi connectivity index (χ2v) is 6.01. The smallest absolute Gasteiger partial charge is 0.286 e. The third kappa shape index (κ3) is 4.35. The topological polar surface area (TPSA) is 67.8 Å². The number of nitrogens with one attached hydrogen (secondary N) is 1. The Morgan fingerprint density at radius 2 is 2.27 bits per heavy atom. The van der Waals surface area contributed by atoms with E-state index in [1.54, 1.807) is 24.3 Å². The first-order valence-corrected chi connectivity index (χ1v) is 7.91. The molecule has 0 aliphatic carbocycles. The molecular weight excluding hydrogens is 324 g/mol. The Balaban J connectivity index is 2.24. The monoisotopic (exact) mass is 338 g/mol. The van der Waals surface area contributed by atoms with Crippen LogP contribution in [-0.2, 0) is 9.59 Å². The van der Waals surface area contributed by atoms with Crippen LogP contribution in [0.2, 0.25) is 5.02 Å². The summed E-state index contributed by atoms with van der Waals surface area (Å²) >= 11 is 7.12. The normalized spacial score (nSPS) is 15.9. The minimum absolute atomic E-state index is 0.268. The fourth-order valence-electron chi connectivity index (χ4n) is 1.73. The minimum atomic E-state index is -0.393. The van der Waals surface area contributed by atoms with Crippen molar-refractivity contribution in [2.24, 2.45) is 4.99 Å². The van der Waals surface area contributed by atoms with Gasteiger partial charge in [0.25, 0.3) is 5.91 Å². The highest BCUT2D eigenvalue weighted by atomic mass is 35.5. The first-order chi connectivity index (χ1) is 10.5. The molecule has 1 aromatic carbocycles. The molecule has 2 amide bonds. The Morgan fingerprint density at radius 3 is 2.95 bits per heavy atom. The molecule has 116 valence electrons. The molecule has 0 bridgehead atoms. The Hall–Kier alpha value is -1.79. The second-order valence-electron chi connectivity index (χ2n) is 4.54. The molecule has 1 N–H and O–H groups in total. The summed E-state index contributed by atoms with van der Waals surface area (Å²) in [7, 11) is 0. The van der Waals surface area contributed by atoms with Crippen molar-refractivity contribution in [3.63, 3.8) is 0 Å². The highest BCUT2D eigenvalue weighted by Crippen LogP contribution is 2.31. The molecule has 0 saturated heterocycles. The van der Waals surface area contributed by atoms with Crippen molar-refractivity contribution in [3.05, 3.63) is 33.7 Å². The maximum absolute atomic E-state index is 11.9. The number of aliphatic imine (C=N–C) groups is 1. The first kappa shape index (κ1) is 16.6. The van der Waals surface area contributed by atoms with Crippen LogP contribution in [0.1, 0.15) is 25.8 Å². The van der Waals surface area contributed by atoms with Crippen LogP contribution < -0.4 is 10.1 Å². The molecule has 0 saturated carbocycles. The molecule has 2 rings (SSSR count). The van der Waals surface area contributed by atoms with Crippen molar-refractivity contribution >= 4 is 46.4 Å². The number of carbonyl (C=O) groups is 2. The standard InChI is InChI=1S/C15H15ClN2O3S/c1-3-6-21-12-5-4-11(16)7-10(12)8-13-14(20)18-15(22-13)17-9(2)19/h4-5,7-8H,3,6H2,1-2H3,(H,17,18,19,20)/b13-8-. The van der Waals surface area contributed by atoms with Gasteiger partial charge in [-0.3, -0.25) is 9.59 Å². The summed E-state index contributed by atoms with van der Waals surface area (Å²) in [5, 5.41) is 3.33. The number of amides is 2. The van der Waals surface area contributed by atoms with E-state index in [1.807, 2.05) is 6.92 Å². The van der Waals surface area contributed by atoms with Gasteiger partial charge in [0.15, 0.2) is 5.17 Å². The molecule has 5 nitrogen and oxygen atoms in total. The van der Waals surface area contributed by atoms with Crippen molar-refractivity contribution in [2.75, 3.05) is 6.61 Å². The van der Waals surface area contributed by atoms with Crippen LogP contribution in [0.4, 0.5) is 0 Å². The molecule has 1 aliphatic heterocycles. The number of hydrogen-bond acceptors (Lipinski definition) is 4. The zero-order valence-corrected chi connectivity index (χ0v) is 13.8. The Bertz CT molecular complexity index is 671. The van der Waals surface area contributed by atoms with Gasteiger partial charge in [-0.05, 0) is 42.5 Å². The lowest BCUT2D eigenvalue weighted by molar-refractivity contribution is -0.117. The molecule has 0 unspecified atom stereocenters. The van der Waals surface area contributed by atoms with Crippen molar-refractivity contribution in [2.45, 2.75) is 20.3 Å². The zero-order valence-electron chi connectivity index (χ0n) is 12.2. The Labute approximate surface area is 137 Å². The third-order valence-electron chi connectivity index (χ3n) is 2.62. The van der Waals surface area contributed by atoms with Gasteiger partial charge in [-0.15, -0.1) is 0 Å². The molecule has 1 aromatic rings. The van der Waals surface area contributed by atoms with Gasteiger partial charge in [-0.2, -0.15) is 4.99 Å². The van der Waals surface area contributed by atoms with Crippen LogP contribution in [0.3, 0.4) is 0 Å². The number of ether oxygens (including phenoxy) is 1. The third-order valence-corrected chi connectivity index (χ3v) is 3.76. The summed E-state index contributed by atoms with van der Waals surface area (Å²) in [5.74, 6) is -0.00896. The molecule has 0 fully saturated rings. The van der Waals surface area contributed by atoms with E-state index in [0.717, 1.165) is 18.2 Å². The van der Waals surface area contributed by atoms with E-state index in [2.05, 4.69) is 10.3 Å². The number of nitrogens with zero attached hydrogens (tertiary/aromatic N) is 1. The number of rotatable bonds is 4. The minimum Gasteiger partial charge on any atom is -0.493 e. The van der Waals surface area contributed by atoms with Crippen molar-refractivity contribution in [3.8, 4) is 5.75 Å². The van der Waals surface area contributed by atoms with Gasteiger partial charge in [0.1, 0.15) is 5.75 Å². The van der Waals surface area contributed by atoms with Crippen molar-refractivity contribution < 1.29 is 14.3 Å². The number of benzene rings is 1. The van der Waals surface area contributed by atoms with Crippen molar-refractivity contribution in [1.82, 2.24) is 5.32 Å². The molecule has 0 spiro atoms. The van der Waals surface area contributed by atoms with Crippen molar-refractivity contribution in [1.29, 1.82) is 0 Å². The van der Waals surface area contributed by atoms with E-state index in [0.29, 0.717) is 27.8 Å². The number of hydrogen-bond donors (Lipinski definition) is 1. The van der Waals surface area contributed by atoms with Crippen LogP contribution in [-0.4, -0.2) is 23.6 Å². The lowest BCUT2D eigenvalue weighted by Crippen LogP contribution is -2.23. The number of carbonyl (C=O) groups excluding carboxylic acids is 2. The van der Waals surface area contributed by atoms with Crippen LogP contribution in [0, 0.1) is 0 Å². The maximum atomic E-state index is 11.9. The maximum Gasteiger partial charge on any atom is 0.286 e. The average Bonchev–Trinajstić information content (AvgIpc) is 2.77. The SMILES string of the molecule is CCCOc1ccc(Cl)cc1/C=C1\SC(NC(C)=O)=NC1=O. The number of halogens is 1. The molecule has 0 aromatic heterocycles. The van der Waals surface area contributed by atoms with Gasteiger partial charge < -0.3 is 10.1 Å². The highest BCUT2D eigenvalue weighted by Gasteiger charge is 2.23. The largest absolute Gasteiger partial charge is 0.493 e. The molecular formula is C15H15ClN2O3S. The fraction of sp³-hybridized carbons (Fsp3) is 0.267. The van der Waals surface area contributed by atoms with E-state index >= 15 is 0 Å². The predicted octanol–water partition coefficient (Wildman–Crippen LogP) is 3.24. The van der Waals surface area contributed by atoms with Gasteiger partial charge in [0.2, 0.25) is 5.91 Å². The van der Waals surface area contributed by atoms with E-state index in [1.165, 1.54) is 6.92 Å². The molecule has 1 heterocycles. The van der Waals surface area contributed by atoms with Crippen LogP contribution in [0.5, 0.6) is 5.75 Å². The number of amidine groups is 1. The summed E-state index contributed by atoms with van der Waals surface area (Å²) in [5.41, 5.74) is 0.705. The summed E-state index contributed by atoms with van der Waals surface area (Å²) in [6, 6.07) is 5.23. The summed E-state index contributed by atoms with van der Waals surface area (Å²) in [4.78, 5) is 27.1. The first-order valence-electron chi connectivity index (χ1n) is 6.72. The van der Waals surface area contributed by atoms with E-state index in [-0.39, 0.29) is 11.1 Å². The van der Waals surface area contributed by atoms with Gasteiger partial charge in [-0.25, -0.2) is 0 Å². The predicted molar refractivity (Wildman–Crippen MR) is 89.1 cm³/mol. The van der Waals surface area contributed by atoms with Gasteiger partial charge in [0, 0.05) is 17.5 Å². The Kier molecular flexibility index (Phi) is 5.63. The molecule has 7 heteroatoms. The zero-order chi connectivity index (χ0) is 16.1. The summed E-state index contributed by atoms with van der Waals surface area (Å²) in [6.45, 7) is 3.95. The van der Waals surface area contributed by atoms with Gasteiger partial charge >= 0.3 is 0 Å². The molecule has 0 radical (unpaired) electrons. The lowest BCUT2D eigenvalue weighted by atomic mass is 10.2. The van der Waals surface area contributed by atoms with Crippen LogP contribution in [0.15, 0.2) is 28.1 Å².